The van der Waals surface area contributed by atoms with E-state index in [0.717, 1.165) is 37.9 Å². The highest BCUT2D eigenvalue weighted by Gasteiger charge is 2.26. The minimum absolute atomic E-state index is 0.169. The largest absolute Gasteiger partial charge is 0.317 e. The first kappa shape index (κ1) is 12.6. The van der Waals surface area contributed by atoms with E-state index in [1.165, 1.54) is 0 Å². The molecule has 3 nitrogen and oxygen atoms in total. The third-order valence-corrected chi connectivity index (χ3v) is 5.46. The molecule has 1 aromatic carbocycles. The van der Waals surface area contributed by atoms with E-state index in [9.17, 15) is 8.42 Å². The van der Waals surface area contributed by atoms with Gasteiger partial charge in [0.2, 0.25) is 0 Å². The highest BCUT2D eigenvalue weighted by molar-refractivity contribution is 7.91. The molecule has 1 saturated heterocycles. The van der Waals surface area contributed by atoms with Crippen LogP contribution in [0.15, 0.2) is 30.3 Å². The first-order chi connectivity index (χ1) is 8.18. The molecule has 1 aliphatic rings. The molecule has 4 heteroatoms. The summed E-state index contributed by atoms with van der Waals surface area (Å²) in [5.74, 6) is 0.179. The molecule has 2 rings (SSSR count). The van der Waals surface area contributed by atoms with E-state index in [-0.39, 0.29) is 11.0 Å². The molecule has 1 aromatic rings. The first-order valence-corrected chi connectivity index (χ1v) is 7.86. The second-order valence-electron chi connectivity index (χ2n) is 4.60. The van der Waals surface area contributed by atoms with Crippen molar-refractivity contribution in [2.45, 2.75) is 30.3 Å². The van der Waals surface area contributed by atoms with Gasteiger partial charge in [0.25, 0.3) is 0 Å². The Morgan fingerprint density at radius 2 is 1.88 bits per heavy atom. The normalized spacial score (nSPS) is 22.0. The molecule has 0 spiro atoms. The van der Waals surface area contributed by atoms with Gasteiger partial charge in [0.1, 0.15) is 0 Å². The minimum atomic E-state index is -3.00. The monoisotopic (exact) mass is 253 g/mol. The van der Waals surface area contributed by atoms with Crippen LogP contribution in [0.25, 0.3) is 0 Å². The number of rotatable bonds is 3. The zero-order valence-electron chi connectivity index (χ0n) is 9.93. The van der Waals surface area contributed by atoms with Gasteiger partial charge in [-0.3, -0.25) is 0 Å². The van der Waals surface area contributed by atoms with E-state index in [1.54, 1.807) is 0 Å². The molecule has 1 unspecified atom stereocenters. The Kier molecular flexibility index (Phi) is 4.18. The van der Waals surface area contributed by atoms with Gasteiger partial charge in [-0.2, -0.15) is 0 Å². The van der Waals surface area contributed by atoms with Crippen molar-refractivity contribution in [1.82, 2.24) is 5.32 Å². The van der Waals surface area contributed by atoms with Crippen LogP contribution in [-0.4, -0.2) is 26.8 Å². The van der Waals surface area contributed by atoms with E-state index in [2.05, 4.69) is 5.32 Å². The predicted molar refractivity (Wildman–Crippen MR) is 69.6 cm³/mol. The summed E-state index contributed by atoms with van der Waals surface area (Å²) >= 11 is 0. The summed E-state index contributed by atoms with van der Waals surface area (Å²) in [5, 5.41) is 3.08. The maximum Gasteiger partial charge on any atom is 0.157 e. The Morgan fingerprint density at radius 1 is 1.12 bits per heavy atom. The second-order valence-corrected chi connectivity index (χ2v) is 6.88. The van der Waals surface area contributed by atoms with Crippen molar-refractivity contribution >= 4 is 9.84 Å². The summed E-state index contributed by atoms with van der Waals surface area (Å²) in [7, 11) is -3.00. The maximum atomic E-state index is 12.3. The van der Waals surface area contributed by atoms with Crippen molar-refractivity contribution in [3.63, 3.8) is 0 Å². The summed E-state index contributed by atoms with van der Waals surface area (Å²) in [6.07, 6.45) is 2.50. The van der Waals surface area contributed by atoms with Crippen LogP contribution in [0.1, 0.15) is 24.8 Å². The lowest BCUT2D eigenvalue weighted by molar-refractivity contribution is 0.565. The van der Waals surface area contributed by atoms with E-state index >= 15 is 0 Å². The molecule has 17 heavy (non-hydrogen) atoms. The van der Waals surface area contributed by atoms with Crippen molar-refractivity contribution in [3.05, 3.63) is 35.9 Å². The Labute approximate surface area is 103 Å². The molecule has 0 saturated carbocycles. The van der Waals surface area contributed by atoms with Crippen molar-refractivity contribution < 1.29 is 8.42 Å². The molecule has 0 aromatic heterocycles. The highest BCUT2D eigenvalue weighted by Crippen LogP contribution is 2.19. The zero-order chi connectivity index (χ0) is 12.1. The topological polar surface area (TPSA) is 46.2 Å². The number of hydrogen-bond donors (Lipinski definition) is 1. The summed E-state index contributed by atoms with van der Waals surface area (Å²) < 4.78 is 24.6. The van der Waals surface area contributed by atoms with Gasteiger partial charge in [0, 0.05) is 0 Å². The van der Waals surface area contributed by atoms with Crippen molar-refractivity contribution in [1.29, 1.82) is 0 Å². The number of hydrogen-bond acceptors (Lipinski definition) is 3. The molecule has 0 bridgehead atoms. The lowest BCUT2D eigenvalue weighted by atomic mass is 10.2. The molecule has 1 N–H and O–H groups in total. The van der Waals surface area contributed by atoms with E-state index in [1.807, 2.05) is 30.3 Å². The molecular weight excluding hydrogens is 234 g/mol. The van der Waals surface area contributed by atoms with Crippen LogP contribution in [0, 0.1) is 0 Å². The smallest absolute Gasteiger partial charge is 0.157 e. The first-order valence-electron chi connectivity index (χ1n) is 6.15. The number of nitrogens with one attached hydrogen (secondary N) is 1. The molecule has 1 heterocycles. The van der Waals surface area contributed by atoms with Crippen LogP contribution < -0.4 is 5.32 Å². The lowest BCUT2D eigenvalue weighted by Gasteiger charge is -2.14. The lowest BCUT2D eigenvalue weighted by Crippen LogP contribution is -2.24. The summed E-state index contributed by atoms with van der Waals surface area (Å²) in [6.45, 7) is 1.76. The molecule has 0 radical (unpaired) electrons. The second kappa shape index (κ2) is 5.65. The van der Waals surface area contributed by atoms with Crippen LogP contribution in [0.5, 0.6) is 0 Å². The molecule has 1 aliphatic heterocycles. The van der Waals surface area contributed by atoms with E-state index in [0.29, 0.717) is 0 Å². The fourth-order valence-corrected chi connectivity index (χ4v) is 4.17. The van der Waals surface area contributed by atoms with Crippen LogP contribution in [0.4, 0.5) is 0 Å². The Hall–Kier alpha value is -0.870. The quantitative estimate of drug-likeness (QED) is 0.892. The molecule has 1 atom stereocenters. The average Bonchev–Trinajstić information content (AvgIpc) is 2.58. The fraction of sp³-hybridized carbons (Fsp3) is 0.538. The maximum absolute atomic E-state index is 12.3. The van der Waals surface area contributed by atoms with Crippen LogP contribution >= 0.6 is 0 Å². The summed E-state index contributed by atoms with van der Waals surface area (Å²) in [4.78, 5) is 0. The van der Waals surface area contributed by atoms with Gasteiger partial charge >= 0.3 is 0 Å². The Bertz CT molecular complexity index is 434. The van der Waals surface area contributed by atoms with Gasteiger partial charge in [0.15, 0.2) is 9.84 Å². The van der Waals surface area contributed by atoms with Gasteiger partial charge in [0.05, 0.1) is 11.0 Å². The van der Waals surface area contributed by atoms with E-state index in [4.69, 9.17) is 0 Å². The van der Waals surface area contributed by atoms with Gasteiger partial charge in [-0.25, -0.2) is 8.42 Å². The average molecular weight is 253 g/mol. The van der Waals surface area contributed by atoms with E-state index < -0.39 is 9.84 Å². The summed E-state index contributed by atoms with van der Waals surface area (Å²) in [6, 6.07) is 9.45. The zero-order valence-corrected chi connectivity index (χ0v) is 10.7. The SMILES string of the molecule is O=S(=O)(Cc1ccccc1)C1CCCNCC1. The molecule has 0 aliphatic carbocycles. The Morgan fingerprint density at radius 3 is 2.65 bits per heavy atom. The van der Waals surface area contributed by atoms with Crippen LogP contribution in [-0.2, 0) is 15.6 Å². The Balaban J connectivity index is 2.07. The standard InChI is InChI=1S/C13H19NO2S/c15-17(16,11-12-5-2-1-3-6-12)13-7-4-9-14-10-8-13/h1-3,5-6,13-14H,4,7-11H2. The van der Waals surface area contributed by atoms with Gasteiger partial charge in [-0.05, 0) is 37.9 Å². The minimum Gasteiger partial charge on any atom is -0.317 e. The highest BCUT2D eigenvalue weighted by atomic mass is 32.2. The molecule has 1 fully saturated rings. The van der Waals surface area contributed by atoms with Crippen LogP contribution in [0.3, 0.4) is 0 Å². The fourth-order valence-electron chi connectivity index (χ4n) is 2.27. The van der Waals surface area contributed by atoms with Gasteiger partial charge in [-0.15, -0.1) is 0 Å². The molecular formula is C13H19NO2S. The molecule has 94 valence electrons. The third-order valence-electron chi connectivity index (χ3n) is 3.24. The van der Waals surface area contributed by atoms with Gasteiger partial charge < -0.3 is 5.32 Å². The predicted octanol–water partition coefficient (Wildman–Crippen LogP) is 1.74. The number of sulfone groups is 1. The third kappa shape index (κ3) is 3.54. The van der Waals surface area contributed by atoms with Gasteiger partial charge in [-0.1, -0.05) is 30.3 Å². The summed E-state index contributed by atoms with van der Waals surface area (Å²) in [5.41, 5.74) is 0.893. The van der Waals surface area contributed by atoms with Crippen LogP contribution in [0.2, 0.25) is 0 Å². The number of benzene rings is 1. The van der Waals surface area contributed by atoms with Crippen molar-refractivity contribution in [3.8, 4) is 0 Å². The molecule has 0 amide bonds. The van der Waals surface area contributed by atoms with Crippen molar-refractivity contribution in [2.24, 2.45) is 0 Å². The van der Waals surface area contributed by atoms with Crippen molar-refractivity contribution in [2.75, 3.05) is 13.1 Å².